The van der Waals surface area contributed by atoms with Gasteiger partial charge >= 0.3 is 0 Å². The van der Waals surface area contributed by atoms with Crippen LogP contribution in [0.2, 0.25) is 0 Å². The molecule has 0 unspecified atom stereocenters. The van der Waals surface area contributed by atoms with E-state index in [0.29, 0.717) is 0 Å². The summed E-state index contributed by atoms with van der Waals surface area (Å²) in [6.45, 7) is 4.48. The molecule has 0 saturated carbocycles. The Morgan fingerprint density at radius 2 is 1.62 bits per heavy atom. The fourth-order valence-electron chi connectivity index (χ4n) is 1.52. The van der Waals surface area contributed by atoms with Gasteiger partial charge in [0.15, 0.2) is 0 Å². The van der Waals surface area contributed by atoms with Crippen molar-refractivity contribution in [1.29, 1.82) is 0 Å². The quantitative estimate of drug-likeness (QED) is 0.485. The molecule has 0 bridgehead atoms. The molecule has 0 fully saturated rings. The summed E-state index contributed by atoms with van der Waals surface area (Å²) in [6.07, 6.45) is 7.56. The highest BCUT2D eigenvalue weighted by Gasteiger charge is 2.26. The molecular weight excluding hydrogens is 244 g/mol. The normalized spacial score (nSPS) is 12.2. The van der Waals surface area contributed by atoms with Crippen molar-refractivity contribution < 1.29 is 4.43 Å². The first kappa shape index (κ1) is 13.7. The van der Waals surface area contributed by atoms with E-state index in [0.717, 1.165) is 15.8 Å². The van der Waals surface area contributed by atoms with E-state index in [1.807, 2.05) is 0 Å². The first-order chi connectivity index (χ1) is 6.24. The van der Waals surface area contributed by atoms with Crippen LogP contribution in [0.25, 0.3) is 0 Å². The van der Waals surface area contributed by atoms with Crippen molar-refractivity contribution in [3.63, 3.8) is 0 Å². The van der Waals surface area contributed by atoms with Gasteiger partial charge in [0, 0.05) is 5.33 Å². The first-order valence-electron chi connectivity index (χ1n) is 5.35. The maximum Gasteiger partial charge on any atom is 0.146 e. The Bertz CT molecular complexity index is 105. The van der Waals surface area contributed by atoms with Gasteiger partial charge in [-0.3, -0.25) is 0 Å². The molecule has 0 aromatic rings. The zero-order valence-electron chi connectivity index (χ0n) is 9.24. The summed E-state index contributed by atoms with van der Waals surface area (Å²) >= 11 is 3.59. The van der Waals surface area contributed by atoms with Crippen LogP contribution >= 0.6 is 15.9 Å². The predicted molar refractivity (Wildman–Crippen MR) is 66.6 cm³/mol. The zero-order valence-corrected chi connectivity index (χ0v) is 12.8. The fraction of sp³-hybridized carbons (Fsp3) is 1.00. The Balaban J connectivity index is 3.97. The van der Waals surface area contributed by atoms with Gasteiger partial charge in [-0.25, -0.2) is 0 Å². The van der Waals surface area contributed by atoms with Crippen LogP contribution in [0.1, 0.15) is 52.4 Å². The third-order valence-corrected chi connectivity index (χ3v) is 4.54. The zero-order chi connectivity index (χ0) is 10.2. The minimum Gasteiger partial charge on any atom is -0.422 e. The maximum absolute atomic E-state index is 5.78. The SMILES string of the molecule is CCCCC(CBr)(CCCC)O[SiH3]. The smallest absolute Gasteiger partial charge is 0.146 e. The van der Waals surface area contributed by atoms with E-state index in [1.165, 1.54) is 38.5 Å². The summed E-state index contributed by atoms with van der Waals surface area (Å²) in [7, 11) is 0.859. The summed E-state index contributed by atoms with van der Waals surface area (Å²) in [4.78, 5) is 0. The van der Waals surface area contributed by atoms with Crippen LogP contribution in [0.15, 0.2) is 0 Å². The van der Waals surface area contributed by atoms with Gasteiger partial charge in [0.25, 0.3) is 0 Å². The largest absolute Gasteiger partial charge is 0.422 e. The minimum atomic E-state index is 0.165. The fourth-order valence-corrected chi connectivity index (χ4v) is 3.28. The molecule has 0 spiro atoms. The molecule has 0 aliphatic heterocycles. The third kappa shape index (κ3) is 5.18. The van der Waals surface area contributed by atoms with Crippen LogP contribution in [0.4, 0.5) is 0 Å². The Kier molecular flexibility index (Phi) is 8.41. The molecular formula is C10H23BrOSi. The molecule has 0 amide bonds. The molecule has 3 heteroatoms. The highest BCUT2D eigenvalue weighted by atomic mass is 79.9. The van der Waals surface area contributed by atoms with Gasteiger partial charge in [0.1, 0.15) is 10.5 Å². The second-order valence-electron chi connectivity index (χ2n) is 3.73. The average Bonchev–Trinajstić information content (AvgIpc) is 2.20. The molecule has 0 rings (SSSR count). The van der Waals surface area contributed by atoms with Crippen LogP contribution in [0.3, 0.4) is 0 Å². The van der Waals surface area contributed by atoms with Crippen molar-refractivity contribution in [2.45, 2.75) is 58.0 Å². The van der Waals surface area contributed by atoms with Gasteiger partial charge in [-0.1, -0.05) is 55.5 Å². The molecule has 0 aromatic carbocycles. The molecule has 13 heavy (non-hydrogen) atoms. The topological polar surface area (TPSA) is 9.23 Å². The summed E-state index contributed by atoms with van der Waals surface area (Å²) in [5.74, 6) is 0. The first-order valence-corrected chi connectivity index (χ1v) is 7.29. The average molecular weight is 267 g/mol. The molecule has 1 nitrogen and oxygen atoms in total. The van der Waals surface area contributed by atoms with Crippen LogP contribution < -0.4 is 0 Å². The Morgan fingerprint density at radius 1 is 1.15 bits per heavy atom. The molecule has 0 heterocycles. The van der Waals surface area contributed by atoms with Crippen molar-refractivity contribution in [2.24, 2.45) is 0 Å². The number of rotatable bonds is 8. The monoisotopic (exact) mass is 266 g/mol. The van der Waals surface area contributed by atoms with Crippen molar-refractivity contribution in [1.82, 2.24) is 0 Å². The highest BCUT2D eigenvalue weighted by Crippen LogP contribution is 2.27. The summed E-state index contributed by atoms with van der Waals surface area (Å²) < 4.78 is 5.78. The van der Waals surface area contributed by atoms with E-state index in [2.05, 4.69) is 29.8 Å². The van der Waals surface area contributed by atoms with E-state index < -0.39 is 0 Å². The molecule has 0 N–H and O–H groups in total. The lowest BCUT2D eigenvalue weighted by atomic mass is 9.93. The lowest BCUT2D eigenvalue weighted by Gasteiger charge is -2.31. The van der Waals surface area contributed by atoms with Crippen molar-refractivity contribution in [2.75, 3.05) is 5.33 Å². The maximum atomic E-state index is 5.78. The lowest BCUT2D eigenvalue weighted by molar-refractivity contribution is 0.0822. The van der Waals surface area contributed by atoms with Gasteiger partial charge < -0.3 is 4.43 Å². The molecule has 0 aliphatic carbocycles. The van der Waals surface area contributed by atoms with Crippen LogP contribution in [0.5, 0.6) is 0 Å². The van der Waals surface area contributed by atoms with Gasteiger partial charge in [-0.2, -0.15) is 0 Å². The van der Waals surface area contributed by atoms with E-state index in [1.54, 1.807) is 0 Å². The lowest BCUT2D eigenvalue weighted by Crippen LogP contribution is -2.33. The minimum absolute atomic E-state index is 0.165. The van der Waals surface area contributed by atoms with Gasteiger partial charge in [0.2, 0.25) is 0 Å². The van der Waals surface area contributed by atoms with E-state index >= 15 is 0 Å². The summed E-state index contributed by atoms with van der Waals surface area (Å²) in [6, 6.07) is 0. The van der Waals surface area contributed by atoms with Crippen LogP contribution in [-0.2, 0) is 4.43 Å². The predicted octanol–water partition coefficient (Wildman–Crippen LogP) is 2.80. The van der Waals surface area contributed by atoms with E-state index in [4.69, 9.17) is 4.43 Å². The van der Waals surface area contributed by atoms with Gasteiger partial charge in [-0.15, -0.1) is 0 Å². The third-order valence-electron chi connectivity index (χ3n) is 2.65. The summed E-state index contributed by atoms with van der Waals surface area (Å²) in [5, 5.41) is 1.00. The van der Waals surface area contributed by atoms with E-state index in [9.17, 15) is 0 Å². The number of hydrogen-bond acceptors (Lipinski definition) is 1. The number of halogens is 1. The summed E-state index contributed by atoms with van der Waals surface area (Å²) in [5.41, 5.74) is 0.165. The Hall–Kier alpha value is 0.657. The Labute approximate surface area is 94.3 Å². The molecule has 0 aliphatic rings. The molecule has 0 aromatic heterocycles. The van der Waals surface area contributed by atoms with Crippen LogP contribution in [-0.4, -0.2) is 21.4 Å². The number of unbranched alkanes of at least 4 members (excludes halogenated alkanes) is 2. The van der Waals surface area contributed by atoms with Crippen LogP contribution in [0, 0.1) is 0 Å². The second-order valence-corrected chi connectivity index (χ2v) is 4.70. The molecule has 0 saturated heterocycles. The van der Waals surface area contributed by atoms with Gasteiger partial charge in [0.05, 0.1) is 5.60 Å². The highest BCUT2D eigenvalue weighted by molar-refractivity contribution is 9.09. The molecule has 0 atom stereocenters. The molecule has 80 valence electrons. The number of alkyl halides is 1. The Morgan fingerprint density at radius 3 is 1.85 bits per heavy atom. The van der Waals surface area contributed by atoms with E-state index in [-0.39, 0.29) is 5.60 Å². The van der Waals surface area contributed by atoms with Crippen molar-refractivity contribution in [3.8, 4) is 0 Å². The van der Waals surface area contributed by atoms with Gasteiger partial charge in [-0.05, 0) is 12.8 Å². The second kappa shape index (κ2) is 8.01. The molecule has 0 radical (unpaired) electrons. The van der Waals surface area contributed by atoms with Crippen molar-refractivity contribution in [3.05, 3.63) is 0 Å². The standard InChI is InChI=1S/C10H23BrOSi/c1-3-5-7-10(9-11,12-13)8-6-4-2/h3-9H2,1-2,13H3. The number of hydrogen-bond donors (Lipinski definition) is 0. The van der Waals surface area contributed by atoms with Crippen molar-refractivity contribution >= 4 is 26.4 Å².